The molecule has 0 bridgehead atoms. The van der Waals surface area contributed by atoms with Gasteiger partial charge in [-0.25, -0.2) is 13.1 Å². The molecule has 0 heterocycles. The Morgan fingerprint density at radius 1 is 1.62 bits per heavy atom. The molecular weight excluding hydrogens is 146 g/mol. The van der Waals surface area contributed by atoms with Gasteiger partial charge in [0.15, 0.2) is 0 Å². The predicted octanol–water partition coefficient (Wildman–Crippen LogP) is -0.144. The maximum Gasteiger partial charge on any atom is 0.209 e. The number of thioether (sulfide) groups is 1. The van der Waals surface area contributed by atoms with E-state index in [-0.39, 0.29) is 0 Å². The number of sulfonamides is 1. The summed E-state index contributed by atoms with van der Waals surface area (Å²) in [6, 6.07) is 0. The molecule has 0 saturated heterocycles. The van der Waals surface area contributed by atoms with Gasteiger partial charge in [0.2, 0.25) is 10.0 Å². The summed E-state index contributed by atoms with van der Waals surface area (Å²) in [4.78, 5) is 0. The molecule has 0 aliphatic carbocycles. The zero-order valence-corrected chi connectivity index (χ0v) is 6.47. The molecule has 1 N–H and O–H groups in total. The maximum absolute atomic E-state index is 10.3. The first kappa shape index (κ1) is 8.26. The zero-order valence-electron chi connectivity index (χ0n) is 4.84. The molecule has 5 heteroatoms. The Balaban J connectivity index is 3.42. The highest BCUT2D eigenvalue weighted by molar-refractivity contribution is 7.99. The number of hydrogen-bond acceptors (Lipinski definition) is 3. The summed E-state index contributed by atoms with van der Waals surface area (Å²) in [7, 11) is -2.96. The van der Waals surface area contributed by atoms with E-state index in [4.69, 9.17) is 0 Å². The second kappa shape index (κ2) is 3.32. The molecule has 0 radical (unpaired) electrons. The molecule has 0 aromatic heterocycles. The fourth-order valence-electron chi connectivity index (χ4n) is 0.166. The van der Waals surface area contributed by atoms with Crippen LogP contribution in [0.3, 0.4) is 0 Å². The molecule has 50 valence electrons. The van der Waals surface area contributed by atoms with Gasteiger partial charge in [0.1, 0.15) is 0 Å². The Morgan fingerprint density at radius 2 is 2.12 bits per heavy atom. The van der Waals surface area contributed by atoms with Gasteiger partial charge in [0, 0.05) is 0 Å². The average Bonchev–Trinajstić information content (AvgIpc) is 1.59. The molecule has 8 heavy (non-hydrogen) atoms. The van der Waals surface area contributed by atoms with E-state index in [1.54, 1.807) is 0 Å². The van der Waals surface area contributed by atoms with Crippen LogP contribution in [0.15, 0.2) is 0 Å². The van der Waals surface area contributed by atoms with E-state index in [0.29, 0.717) is 5.88 Å². The van der Waals surface area contributed by atoms with Gasteiger partial charge in [0.05, 0.1) is 12.1 Å². The summed E-state index contributed by atoms with van der Waals surface area (Å²) in [5, 5.41) is 0. The monoisotopic (exact) mass is 155 g/mol. The maximum atomic E-state index is 10.3. The van der Waals surface area contributed by atoms with Crippen molar-refractivity contribution in [3.63, 3.8) is 0 Å². The smallest absolute Gasteiger partial charge is 0.209 e. The third-order valence-electron chi connectivity index (χ3n) is 0.465. The van der Waals surface area contributed by atoms with Crippen LogP contribution in [0.4, 0.5) is 0 Å². The normalized spacial score (nSPS) is 11.8. The number of hydrogen-bond donors (Lipinski definition) is 1. The van der Waals surface area contributed by atoms with Gasteiger partial charge >= 0.3 is 0 Å². The second-order valence-electron chi connectivity index (χ2n) is 1.35. The van der Waals surface area contributed by atoms with Crippen LogP contribution >= 0.6 is 11.8 Å². The molecule has 3 nitrogen and oxygen atoms in total. The van der Waals surface area contributed by atoms with Gasteiger partial charge in [-0.2, -0.15) is 0 Å². The van der Waals surface area contributed by atoms with Crippen LogP contribution in [-0.2, 0) is 10.0 Å². The molecule has 0 aliphatic heterocycles. The van der Waals surface area contributed by atoms with Crippen LogP contribution in [0.1, 0.15) is 0 Å². The van der Waals surface area contributed by atoms with Crippen molar-refractivity contribution in [2.24, 2.45) is 0 Å². The predicted molar refractivity (Wildman–Crippen MR) is 36.4 cm³/mol. The Bertz CT molecular complexity index is 139. The van der Waals surface area contributed by atoms with Gasteiger partial charge in [-0.05, 0) is 6.26 Å². The molecule has 0 unspecified atom stereocenters. The molecular formula is C3H9NO2S2. The Hall–Kier alpha value is 0.260. The minimum Gasteiger partial charge on any atom is -0.213 e. The standard InChI is InChI=1S/C3H9NO2S2/c1-7-3-4-8(2,5)6/h4H,3H2,1-2H3. The molecule has 0 amide bonds. The summed E-state index contributed by atoms with van der Waals surface area (Å²) in [5.74, 6) is 0.457. The number of nitrogens with one attached hydrogen (secondary N) is 1. The van der Waals surface area contributed by atoms with E-state index in [1.807, 2.05) is 6.26 Å². The van der Waals surface area contributed by atoms with Gasteiger partial charge in [-0.15, -0.1) is 11.8 Å². The molecule has 0 atom stereocenters. The quantitative estimate of drug-likeness (QED) is 0.577. The van der Waals surface area contributed by atoms with Crippen LogP contribution in [-0.4, -0.2) is 26.8 Å². The highest BCUT2D eigenvalue weighted by Gasteiger charge is 1.95. The van der Waals surface area contributed by atoms with Crippen molar-refractivity contribution in [1.29, 1.82) is 0 Å². The highest BCUT2D eigenvalue weighted by Crippen LogP contribution is 1.86. The van der Waals surface area contributed by atoms with E-state index >= 15 is 0 Å². The van der Waals surface area contributed by atoms with Crippen molar-refractivity contribution in [3.8, 4) is 0 Å². The van der Waals surface area contributed by atoms with Gasteiger partial charge in [-0.3, -0.25) is 0 Å². The van der Waals surface area contributed by atoms with E-state index in [2.05, 4.69) is 4.72 Å². The summed E-state index contributed by atoms with van der Waals surface area (Å²) < 4.78 is 22.8. The second-order valence-corrected chi connectivity index (χ2v) is 4.05. The average molecular weight is 155 g/mol. The molecule has 0 aromatic carbocycles. The first-order chi connectivity index (χ1) is 3.56. The molecule has 0 spiro atoms. The molecule has 0 fully saturated rings. The summed E-state index contributed by atoms with van der Waals surface area (Å²) >= 11 is 1.44. The first-order valence-electron chi connectivity index (χ1n) is 2.00. The summed E-state index contributed by atoms with van der Waals surface area (Å²) in [6.07, 6.45) is 2.97. The Kier molecular flexibility index (Phi) is 3.43. The fourth-order valence-corrected chi connectivity index (χ4v) is 1.49. The fraction of sp³-hybridized carbons (Fsp3) is 1.00. The van der Waals surface area contributed by atoms with Crippen molar-refractivity contribution in [2.75, 3.05) is 18.4 Å². The van der Waals surface area contributed by atoms with E-state index in [1.165, 1.54) is 11.8 Å². The van der Waals surface area contributed by atoms with Gasteiger partial charge in [-0.1, -0.05) is 0 Å². The summed E-state index contributed by atoms with van der Waals surface area (Å²) in [5.41, 5.74) is 0. The number of rotatable bonds is 3. The first-order valence-corrected chi connectivity index (χ1v) is 5.28. The molecule has 0 rings (SSSR count). The third-order valence-corrected chi connectivity index (χ3v) is 1.75. The molecule has 0 aromatic rings. The zero-order chi connectivity index (χ0) is 6.62. The SMILES string of the molecule is CSCNS(C)(=O)=O. The van der Waals surface area contributed by atoms with Crippen molar-refractivity contribution < 1.29 is 8.42 Å². The van der Waals surface area contributed by atoms with Gasteiger partial charge < -0.3 is 0 Å². The minimum atomic E-state index is -2.96. The molecule has 0 saturated carbocycles. The lowest BCUT2D eigenvalue weighted by atomic mass is 11.5. The van der Waals surface area contributed by atoms with Crippen LogP contribution in [0.25, 0.3) is 0 Å². The Morgan fingerprint density at radius 3 is 2.25 bits per heavy atom. The molecule has 0 aliphatic rings. The van der Waals surface area contributed by atoms with E-state index < -0.39 is 10.0 Å². The van der Waals surface area contributed by atoms with E-state index in [9.17, 15) is 8.42 Å². The lowest BCUT2D eigenvalue weighted by Gasteiger charge is -1.95. The largest absolute Gasteiger partial charge is 0.213 e. The third kappa shape index (κ3) is 6.26. The highest BCUT2D eigenvalue weighted by atomic mass is 32.2. The van der Waals surface area contributed by atoms with Crippen molar-refractivity contribution in [2.45, 2.75) is 0 Å². The topological polar surface area (TPSA) is 46.2 Å². The van der Waals surface area contributed by atoms with Crippen molar-refractivity contribution in [1.82, 2.24) is 4.72 Å². The van der Waals surface area contributed by atoms with Crippen LogP contribution in [0.5, 0.6) is 0 Å². The van der Waals surface area contributed by atoms with Crippen LogP contribution in [0.2, 0.25) is 0 Å². The van der Waals surface area contributed by atoms with Crippen molar-refractivity contribution >= 4 is 21.8 Å². The van der Waals surface area contributed by atoms with Gasteiger partial charge in [0.25, 0.3) is 0 Å². The van der Waals surface area contributed by atoms with Crippen LogP contribution < -0.4 is 4.72 Å². The Labute approximate surface area is 53.9 Å². The van der Waals surface area contributed by atoms with Crippen molar-refractivity contribution in [3.05, 3.63) is 0 Å². The minimum absolute atomic E-state index is 0.457. The lowest BCUT2D eigenvalue weighted by molar-refractivity contribution is 0.593. The van der Waals surface area contributed by atoms with Crippen LogP contribution in [0, 0.1) is 0 Å². The lowest BCUT2D eigenvalue weighted by Crippen LogP contribution is -2.20. The summed E-state index contributed by atoms with van der Waals surface area (Å²) in [6.45, 7) is 0. The van der Waals surface area contributed by atoms with E-state index in [0.717, 1.165) is 6.26 Å².